The molecule has 2 aromatic rings. The molecule has 0 aliphatic carbocycles. The maximum Gasteiger partial charge on any atom is 0.163 e. The molecule has 0 spiro atoms. The molecule has 2 nitrogen and oxygen atoms in total. The van der Waals surface area contributed by atoms with E-state index in [4.69, 9.17) is 5.26 Å². The number of ketones is 1. The summed E-state index contributed by atoms with van der Waals surface area (Å²) in [6.07, 6.45) is 1.22. The van der Waals surface area contributed by atoms with Crippen molar-refractivity contribution in [3.63, 3.8) is 0 Å². The Kier molecular flexibility index (Phi) is 4.32. The maximum absolute atomic E-state index is 12.2. The summed E-state index contributed by atoms with van der Waals surface area (Å²) in [5, 5.41) is 8.86. The SMILES string of the molecule is Cc1cccc(C)c1CCC(=O)c1cccc(C#N)c1. The minimum atomic E-state index is 0.0877. The number of hydrogen-bond acceptors (Lipinski definition) is 2. The summed E-state index contributed by atoms with van der Waals surface area (Å²) >= 11 is 0. The second-order valence-electron chi connectivity index (χ2n) is 4.99. The number of carbonyl (C=O) groups is 1. The molecule has 20 heavy (non-hydrogen) atoms. The zero-order chi connectivity index (χ0) is 14.5. The van der Waals surface area contributed by atoms with Gasteiger partial charge in [0.05, 0.1) is 11.6 Å². The summed E-state index contributed by atoms with van der Waals surface area (Å²) < 4.78 is 0. The fourth-order valence-corrected chi connectivity index (χ4v) is 2.39. The van der Waals surface area contributed by atoms with Crippen LogP contribution < -0.4 is 0 Å². The lowest BCUT2D eigenvalue weighted by molar-refractivity contribution is 0.0983. The van der Waals surface area contributed by atoms with Gasteiger partial charge in [-0.25, -0.2) is 0 Å². The van der Waals surface area contributed by atoms with Crippen LogP contribution in [-0.4, -0.2) is 5.78 Å². The molecule has 0 bridgehead atoms. The molecule has 0 saturated carbocycles. The van der Waals surface area contributed by atoms with E-state index < -0.39 is 0 Å². The van der Waals surface area contributed by atoms with Gasteiger partial charge in [-0.2, -0.15) is 5.26 Å². The first-order chi connectivity index (χ1) is 9.61. The molecule has 2 aromatic carbocycles. The van der Waals surface area contributed by atoms with Gasteiger partial charge in [0.15, 0.2) is 5.78 Å². The van der Waals surface area contributed by atoms with Crippen molar-refractivity contribution in [2.75, 3.05) is 0 Å². The van der Waals surface area contributed by atoms with Gasteiger partial charge in [0.1, 0.15) is 0 Å². The van der Waals surface area contributed by atoms with Crippen molar-refractivity contribution < 1.29 is 4.79 Å². The monoisotopic (exact) mass is 263 g/mol. The van der Waals surface area contributed by atoms with Crippen LogP contribution in [0.3, 0.4) is 0 Å². The summed E-state index contributed by atoms with van der Waals surface area (Å²) in [6.45, 7) is 4.15. The summed E-state index contributed by atoms with van der Waals surface area (Å²) in [6, 6.07) is 15.1. The van der Waals surface area contributed by atoms with Crippen molar-refractivity contribution in [3.05, 3.63) is 70.3 Å². The Morgan fingerprint density at radius 1 is 1.10 bits per heavy atom. The van der Waals surface area contributed by atoms with Gasteiger partial charge >= 0.3 is 0 Å². The topological polar surface area (TPSA) is 40.9 Å². The average Bonchev–Trinajstić information content (AvgIpc) is 2.46. The van der Waals surface area contributed by atoms with Gasteiger partial charge in [0.2, 0.25) is 0 Å². The summed E-state index contributed by atoms with van der Waals surface area (Å²) in [5.41, 5.74) is 4.85. The number of hydrogen-bond donors (Lipinski definition) is 0. The molecule has 2 rings (SSSR count). The third-order valence-corrected chi connectivity index (χ3v) is 3.56. The number of nitriles is 1. The minimum absolute atomic E-state index is 0.0877. The first-order valence-electron chi connectivity index (χ1n) is 6.70. The van der Waals surface area contributed by atoms with Crippen LogP contribution in [0.25, 0.3) is 0 Å². The van der Waals surface area contributed by atoms with Gasteiger partial charge in [-0.05, 0) is 49.1 Å². The third kappa shape index (κ3) is 3.13. The van der Waals surface area contributed by atoms with E-state index in [-0.39, 0.29) is 5.78 Å². The number of nitrogens with zero attached hydrogens (tertiary/aromatic N) is 1. The van der Waals surface area contributed by atoms with Crippen molar-refractivity contribution >= 4 is 5.78 Å². The molecule has 0 aliphatic rings. The van der Waals surface area contributed by atoms with E-state index >= 15 is 0 Å². The molecule has 2 heteroatoms. The van der Waals surface area contributed by atoms with E-state index in [2.05, 4.69) is 32.0 Å². The molecule has 0 unspecified atom stereocenters. The average molecular weight is 263 g/mol. The first kappa shape index (κ1) is 14.0. The number of Topliss-reactive ketones (excluding diaryl/α,β-unsaturated/α-hetero) is 1. The molecule has 0 atom stereocenters. The Hall–Kier alpha value is -2.40. The van der Waals surface area contributed by atoms with Gasteiger partial charge in [0.25, 0.3) is 0 Å². The second-order valence-corrected chi connectivity index (χ2v) is 4.99. The Morgan fingerprint density at radius 2 is 1.75 bits per heavy atom. The molecule has 0 heterocycles. The predicted molar refractivity (Wildman–Crippen MR) is 79.7 cm³/mol. The highest BCUT2D eigenvalue weighted by atomic mass is 16.1. The van der Waals surface area contributed by atoms with Crippen LogP contribution in [0, 0.1) is 25.2 Å². The standard InChI is InChI=1S/C18H17NO/c1-13-5-3-6-14(2)17(13)9-10-18(20)16-8-4-7-15(11-16)12-19/h3-8,11H,9-10H2,1-2H3. The van der Waals surface area contributed by atoms with Gasteiger partial charge in [-0.3, -0.25) is 4.79 Å². The highest BCUT2D eigenvalue weighted by Crippen LogP contribution is 2.17. The molecule has 100 valence electrons. The Bertz CT molecular complexity index is 660. The second kappa shape index (κ2) is 6.16. The third-order valence-electron chi connectivity index (χ3n) is 3.56. The number of aryl methyl sites for hydroxylation is 2. The van der Waals surface area contributed by atoms with E-state index in [1.165, 1.54) is 16.7 Å². The Balaban J connectivity index is 2.11. The van der Waals surface area contributed by atoms with Gasteiger partial charge in [-0.15, -0.1) is 0 Å². The van der Waals surface area contributed by atoms with Gasteiger partial charge < -0.3 is 0 Å². The van der Waals surface area contributed by atoms with Crippen LogP contribution in [0.15, 0.2) is 42.5 Å². The number of benzene rings is 2. The summed E-state index contributed by atoms with van der Waals surface area (Å²) in [5.74, 6) is 0.0877. The van der Waals surface area contributed by atoms with Crippen LogP contribution >= 0.6 is 0 Å². The minimum Gasteiger partial charge on any atom is -0.294 e. The smallest absolute Gasteiger partial charge is 0.163 e. The van der Waals surface area contributed by atoms with Crippen molar-refractivity contribution in [1.29, 1.82) is 5.26 Å². The quantitative estimate of drug-likeness (QED) is 0.782. The van der Waals surface area contributed by atoms with Crippen molar-refractivity contribution in [1.82, 2.24) is 0 Å². The van der Waals surface area contributed by atoms with Crippen LogP contribution in [0.5, 0.6) is 0 Å². The molecule has 0 fully saturated rings. The van der Waals surface area contributed by atoms with E-state index in [0.29, 0.717) is 17.5 Å². The first-order valence-corrected chi connectivity index (χ1v) is 6.70. The van der Waals surface area contributed by atoms with Crippen LogP contribution in [0.4, 0.5) is 0 Å². The van der Waals surface area contributed by atoms with Crippen molar-refractivity contribution in [2.45, 2.75) is 26.7 Å². The van der Waals surface area contributed by atoms with Crippen molar-refractivity contribution in [2.24, 2.45) is 0 Å². The highest BCUT2D eigenvalue weighted by molar-refractivity contribution is 5.96. The van der Waals surface area contributed by atoms with Crippen LogP contribution in [0.2, 0.25) is 0 Å². The predicted octanol–water partition coefficient (Wildman–Crippen LogP) is 3.99. The summed E-state index contributed by atoms with van der Waals surface area (Å²) in [4.78, 5) is 12.2. The number of carbonyl (C=O) groups excluding carboxylic acids is 1. The fraction of sp³-hybridized carbons (Fsp3) is 0.222. The largest absolute Gasteiger partial charge is 0.294 e. The molecular weight excluding hydrogens is 246 g/mol. The molecule has 0 N–H and O–H groups in total. The number of rotatable bonds is 4. The molecule has 0 radical (unpaired) electrons. The van der Waals surface area contributed by atoms with E-state index in [1.807, 2.05) is 6.07 Å². The lowest BCUT2D eigenvalue weighted by Crippen LogP contribution is -2.03. The Morgan fingerprint density at radius 3 is 2.40 bits per heavy atom. The normalized spacial score (nSPS) is 10.1. The van der Waals surface area contributed by atoms with Gasteiger partial charge in [0, 0.05) is 12.0 Å². The molecule has 0 aromatic heterocycles. The van der Waals surface area contributed by atoms with Crippen LogP contribution in [-0.2, 0) is 6.42 Å². The zero-order valence-corrected chi connectivity index (χ0v) is 11.8. The van der Waals surface area contributed by atoms with E-state index in [1.54, 1.807) is 24.3 Å². The lowest BCUT2D eigenvalue weighted by atomic mass is 9.95. The van der Waals surface area contributed by atoms with E-state index in [0.717, 1.165) is 6.42 Å². The highest BCUT2D eigenvalue weighted by Gasteiger charge is 2.09. The van der Waals surface area contributed by atoms with Gasteiger partial charge in [-0.1, -0.05) is 30.3 Å². The van der Waals surface area contributed by atoms with Crippen molar-refractivity contribution in [3.8, 4) is 6.07 Å². The molecule has 0 aliphatic heterocycles. The molecular formula is C18H17NO. The summed E-state index contributed by atoms with van der Waals surface area (Å²) in [7, 11) is 0. The molecule has 0 saturated heterocycles. The van der Waals surface area contributed by atoms with E-state index in [9.17, 15) is 4.79 Å². The zero-order valence-electron chi connectivity index (χ0n) is 11.8. The Labute approximate surface area is 119 Å². The van der Waals surface area contributed by atoms with Crippen LogP contribution in [0.1, 0.15) is 39.0 Å². The maximum atomic E-state index is 12.2. The fourth-order valence-electron chi connectivity index (χ4n) is 2.39. The lowest BCUT2D eigenvalue weighted by Gasteiger charge is -2.09. The molecule has 0 amide bonds.